The van der Waals surface area contributed by atoms with E-state index >= 15 is 0 Å². The van der Waals surface area contributed by atoms with Crippen molar-refractivity contribution in [2.75, 3.05) is 7.05 Å². The van der Waals surface area contributed by atoms with Crippen LogP contribution in [-0.2, 0) is 11.3 Å². The largest absolute Gasteiger partial charge is 0.420 e. The molecule has 2 aromatic rings. The Morgan fingerprint density at radius 3 is 2.68 bits per heavy atom. The molecule has 0 saturated heterocycles. The lowest BCUT2D eigenvalue weighted by molar-refractivity contribution is -0.133. The van der Waals surface area contributed by atoms with E-state index in [4.69, 9.17) is 4.42 Å². The van der Waals surface area contributed by atoms with E-state index in [-0.39, 0.29) is 18.5 Å². The van der Waals surface area contributed by atoms with Crippen molar-refractivity contribution in [1.29, 1.82) is 0 Å². The molecule has 1 aromatic carbocycles. The van der Waals surface area contributed by atoms with Crippen LogP contribution in [0.4, 0.5) is 0 Å². The van der Waals surface area contributed by atoms with E-state index in [1.165, 1.54) is 4.57 Å². The molecule has 1 saturated carbocycles. The van der Waals surface area contributed by atoms with Crippen LogP contribution in [0, 0.1) is 5.92 Å². The molecule has 5 heteroatoms. The average Bonchev–Trinajstić information content (AvgIpc) is 2.83. The minimum absolute atomic E-state index is 0.0341. The average molecular weight is 302 g/mol. The molecule has 1 amide bonds. The van der Waals surface area contributed by atoms with Crippen molar-refractivity contribution in [2.45, 2.75) is 45.2 Å². The van der Waals surface area contributed by atoms with Gasteiger partial charge in [-0.15, -0.1) is 0 Å². The van der Waals surface area contributed by atoms with Crippen LogP contribution in [0.15, 0.2) is 33.5 Å². The van der Waals surface area contributed by atoms with Gasteiger partial charge in [0.1, 0.15) is 6.54 Å². The number of benzene rings is 1. The highest BCUT2D eigenvalue weighted by atomic mass is 16.4. The molecular weight excluding hydrogens is 280 g/mol. The molecule has 0 spiro atoms. The van der Waals surface area contributed by atoms with Gasteiger partial charge in [0.15, 0.2) is 5.58 Å². The molecule has 118 valence electrons. The zero-order chi connectivity index (χ0) is 15.7. The Morgan fingerprint density at radius 1 is 1.27 bits per heavy atom. The summed E-state index contributed by atoms with van der Waals surface area (Å²) in [5.41, 5.74) is 1.20. The number of para-hydroxylation sites is 2. The number of carbonyl (C=O) groups is 1. The highest BCUT2D eigenvalue weighted by Crippen LogP contribution is 2.26. The van der Waals surface area contributed by atoms with Gasteiger partial charge in [-0.3, -0.25) is 9.36 Å². The van der Waals surface area contributed by atoms with Crippen molar-refractivity contribution in [3.05, 3.63) is 34.8 Å². The Bertz CT molecular complexity index is 723. The van der Waals surface area contributed by atoms with Crippen LogP contribution in [0.25, 0.3) is 11.1 Å². The second-order valence-corrected chi connectivity index (χ2v) is 6.34. The summed E-state index contributed by atoms with van der Waals surface area (Å²) in [5.74, 6) is 0.244. The number of rotatable bonds is 3. The Balaban J connectivity index is 1.75. The zero-order valence-corrected chi connectivity index (χ0v) is 13.1. The van der Waals surface area contributed by atoms with E-state index in [0.717, 1.165) is 31.6 Å². The van der Waals surface area contributed by atoms with E-state index in [2.05, 4.69) is 6.92 Å². The molecule has 0 unspecified atom stereocenters. The van der Waals surface area contributed by atoms with E-state index in [0.29, 0.717) is 11.1 Å². The molecule has 0 radical (unpaired) electrons. The summed E-state index contributed by atoms with van der Waals surface area (Å²) >= 11 is 0. The van der Waals surface area contributed by atoms with Gasteiger partial charge in [0, 0.05) is 13.1 Å². The van der Waals surface area contributed by atoms with Crippen LogP contribution in [0.3, 0.4) is 0 Å². The lowest BCUT2D eigenvalue weighted by Crippen LogP contribution is -2.41. The maximum Gasteiger partial charge on any atom is 0.420 e. The number of hydrogen-bond donors (Lipinski definition) is 0. The molecule has 22 heavy (non-hydrogen) atoms. The molecule has 0 aliphatic heterocycles. The number of likely N-dealkylation sites (N-methyl/N-ethyl adjacent to an activating group) is 1. The quantitative estimate of drug-likeness (QED) is 0.876. The third kappa shape index (κ3) is 2.80. The number of nitrogens with zero attached hydrogens (tertiary/aromatic N) is 2. The molecule has 1 aliphatic rings. The van der Waals surface area contributed by atoms with Crippen LogP contribution >= 0.6 is 0 Å². The number of fused-ring (bicyclic) bond motifs is 1. The summed E-state index contributed by atoms with van der Waals surface area (Å²) in [6.07, 6.45) is 4.42. The van der Waals surface area contributed by atoms with Gasteiger partial charge in [0.2, 0.25) is 5.91 Å². The molecule has 3 rings (SSSR count). The minimum atomic E-state index is -0.472. The molecular formula is C17H22N2O3. The maximum atomic E-state index is 12.5. The first-order chi connectivity index (χ1) is 10.6. The molecule has 1 aromatic heterocycles. The van der Waals surface area contributed by atoms with E-state index in [1.54, 1.807) is 17.0 Å². The first kappa shape index (κ1) is 14.9. The first-order valence-corrected chi connectivity index (χ1v) is 7.90. The Morgan fingerprint density at radius 2 is 1.95 bits per heavy atom. The molecule has 0 bridgehead atoms. The number of amides is 1. The van der Waals surface area contributed by atoms with Crippen LogP contribution in [0.5, 0.6) is 0 Å². The van der Waals surface area contributed by atoms with Crippen molar-refractivity contribution >= 4 is 17.0 Å². The first-order valence-electron chi connectivity index (χ1n) is 7.90. The van der Waals surface area contributed by atoms with Crippen LogP contribution in [-0.4, -0.2) is 28.5 Å². The van der Waals surface area contributed by atoms with Gasteiger partial charge in [0.25, 0.3) is 0 Å². The molecule has 5 nitrogen and oxygen atoms in total. The maximum absolute atomic E-state index is 12.5. The highest BCUT2D eigenvalue weighted by molar-refractivity contribution is 5.79. The molecule has 1 fully saturated rings. The van der Waals surface area contributed by atoms with Gasteiger partial charge >= 0.3 is 5.76 Å². The predicted molar refractivity (Wildman–Crippen MR) is 84.7 cm³/mol. The van der Waals surface area contributed by atoms with Gasteiger partial charge in [-0.2, -0.15) is 0 Å². The monoisotopic (exact) mass is 302 g/mol. The van der Waals surface area contributed by atoms with Crippen LogP contribution in [0.2, 0.25) is 0 Å². The van der Waals surface area contributed by atoms with Crippen molar-refractivity contribution in [1.82, 2.24) is 9.47 Å². The summed E-state index contributed by atoms with van der Waals surface area (Å²) in [4.78, 5) is 26.3. The molecule has 0 N–H and O–H groups in total. The van der Waals surface area contributed by atoms with E-state index in [1.807, 2.05) is 19.2 Å². The van der Waals surface area contributed by atoms with Crippen LogP contribution in [0.1, 0.15) is 32.6 Å². The van der Waals surface area contributed by atoms with Gasteiger partial charge in [-0.25, -0.2) is 4.79 Å². The SMILES string of the molecule is CC1CCC(N(C)C(=O)Cn2c(=O)oc3ccccc32)CC1. The Hall–Kier alpha value is -2.04. The number of aromatic nitrogens is 1. The minimum Gasteiger partial charge on any atom is -0.408 e. The lowest BCUT2D eigenvalue weighted by atomic mass is 9.87. The lowest BCUT2D eigenvalue weighted by Gasteiger charge is -2.33. The Kier molecular flexibility index (Phi) is 4.05. The van der Waals surface area contributed by atoms with Crippen molar-refractivity contribution in [2.24, 2.45) is 5.92 Å². The Labute approximate surface area is 129 Å². The normalized spacial score (nSPS) is 21.9. The number of oxazole rings is 1. The van der Waals surface area contributed by atoms with Crippen molar-refractivity contribution in [3.63, 3.8) is 0 Å². The second-order valence-electron chi connectivity index (χ2n) is 6.34. The van der Waals surface area contributed by atoms with E-state index < -0.39 is 5.76 Å². The van der Waals surface area contributed by atoms with Gasteiger partial charge in [0.05, 0.1) is 5.52 Å². The highest BCUT2D eigenvalue weighted by Gasteiger charge is 2.25. The third-order valence-corrected chi connectivity index (χ3v) is 4.79. The van der Waals surface area contributed by atoms with Crippen LogP contribution < -0.4 is 5.76 Å². The topological polar surface area (TPSA) is 55.5 Å². The van der Waals surface area contributed by atoms with Gasteiger partial charge in [-0.05, 0) is 43.7 Å². The fourth-order valence-electron chi connectivity index (χ4n) is 3.24. The van der Waals surface area contributed by atoms with E-state index in [9.17, 15) is 9.59 Å². The summed E-state index contributed by atoms with van der Waals surface area (Å²) in [6, 6.07) is 7.48. The molecule has 0 atom stereocenters. The predicted octanol–water partition coefficient (Wildman–Crippen LogP) is 2.63. The van der Waals surface area contributed by atoms with Gasteiger partial charge in [-0.1, -0.05) is 19.1 Å². The fraction of sp³-hybridized carbons (Fsp3) is 0.529. The fourth-order valence-corrected chi connectivity index (χ4v) is 3.24. The summed E-state index contributed by atoms with van der Waals surface area (Å²) < 4.78 is 6.59. The third-order valence-electron chi connectivity index (χ3n) is 4.79. The summed E-state index contributed by atoms with van der Waals surface area (Å²) in [6.45, 7) is 2.30. The smallest absolute Gasteiger partial charge is 0.408 e. The summed E-state index contributed by atoms with van der Waals surface area (Å²) in [7, 11) is 1.84. The number of carbonyl (C=O) groups excluding carboxylic acids is 1. The van der Waals surface area contributed by atoms with Crippen molar-refractivity contribution < 1.29 is 9.21 Å². The molecule has 1 aliphatic carbocycles. The van der Waals surface area contributed by atoms with Crippen molar-refractivity contribution in [3.8, 4) is 0 Å². The van der Waals surface area contributed by atoms with Gasteiger partial charge < -0.3 is 9.32 Å². The number of hydrogen-bond acceptors (Lipinski definition) is 3. The molecule has 1 heterocycles. The standard InChI is InChI=1S/C17H22N2O3/c1-12-7-9-13(10-8-12)18(2)16(20)11-19-14-5-3-4-6-15(14)22-17(19)21/h3-6,12-13H,7-11H2,1-2H3. The summed E-state index contributed by atoms with van der Waals surface area (Å²) in [5, 5.41) is 0. The zero-order valence-electron chi connectivity index (χ0n) is 13.1. The second kappa shape index (κ2) is 5.99.